The van der Waals surface area contributed by atoms with Gasteiger partial charge in [-0.25, -0.2) is 0 Å². The first-order valence-electron chi connectivity index (χ1n) is 4.77. The second kappa shape index (κ2) is 6.14. The first-order chi connectivity index (χ1) is 7.18. The predicted octanol–water partition coefficient (Wildman–Crippen LogP) is 1.02. The molecular formula is C11H14N2OS. The van der Waals surface area contributed by atoms with Crippen molar-refractivity contribution in [1.82, 2.24) is 5.32 Å². The molecule has 1 rings (SSSR count). The molecule has 3 N–H and O–H groups in total. The molecule has 0 aromatic heterocycles. The van der Waals surface area contributed by atoms with Crippen LogP contribution in [0.1, 0.15) is 12.0 Å². The number of carbonyl (C=O) groups is 1. The van der Waals surface area contributed by atoms with Crippen LogP contribution in [-0.4, -0.2) is 17.4 Å². The maximum Gasteiger partial charge on any atom is 0.226 e. The average molecular weight is 222 g/mol. The zero-order chi connectivity index (χ0) is 11.1. The largest absolute Gasteiger partial charge is 0.393 e. The van der Waals surface area contributed by atoms with Gasteiger partial charge in [0.1, 0.15) is 0 Å². The molecule has 3 nitrogen and oxygen atoms in total. The van der Waals surface area contributed by atoms with Gasteiger partial charge >= 0.3 is 0 Å². The molecule has 15 heavy (non-hydrogen) atoms. The van der Waals surface area contributed by atoms with E-state index in [4.69, 9.17) is 5.73 Å². The maximum absolute atomic E-state index is 11.2. The lowest BCUT2D eigenvalue weighted by atomic mass is 10.1. The van der Waals surface area contributed by atoms with Gasteiger partial charge < -0.3 is 11.1 Å². The summed E-state index contributed by atoms with van der Waals surface area (Å²) in [7, 11) is 0. The summed E-state index contributed by atoms with van der Waals surface area (Å²) in [5.74, 6) is -0.113. The van der Waals surface area contributed by atoms with Crippen LogP contribution in [-0.2, 0) is 11.2 Å². The number of benzene rings is 1. The lowest BCUT2D eigenvalue weighted by Crippen LogP contribution is -2.29. The van der Waals surface area contributed by atoms with Gasteiger partial charge in [-0.2, -0.15) is 0 Å². The first-order valence-corrected chi connectivity index (χ1v) is 5.18. The quantitative estimate of drug-likeness (QED) is 0.731. The Balaban J connectivity index is 2.22. The number of carbonyl (C=O) groups excluding carboxylic acids is 1. The Kier molecular flexibility index (Phi) is 4.77. The van der Waals surface area contributed by atoms with Crippen molar-refractivity contribution in [2.45, 2.75) is 12.8 Å². The van der Waals surface area contributed by atoms with E-state index in [0.717, 1.165) is 6.42 Å². The Bertz CT molecular complexity index is 338. The van der Waals surface area contributed by atoms with E-state index in [0.29, 0.717) is 6.54 Å². The molecule has 0 radical (unpaired) electrons. The van der Waals surface area contributed by atoms with Gasteiger partial charge in [-0.3, -0.25) is 4.79 Å². The lowest BCUT2D eigenvalue weighted by molar-refractivity contribution is -0.119. The van der Waals surface area contributed by atoms with Crippen molar-refractivity contribution in [2.24, 2.45) is 5.73 Å². The summed E-state index contributed by atoms with van der Waals surface area (Å²) < 4.78 is 0. The monoisotopic (exact) mass is 222 g/mol. The van der Waals surface area contributed by atoms with Crippen LogP contribution in [0.25, 0.3) is 0 Å². The number of nitrogens with one attached hydrogen (secondary N) is 1. The summed E-state index contributed by atoms with van der Waals surface area (Å²) in [6.45, 7) is 0.617. The molecule has 0 saturated carbocycles. The topological polar surface area (TPSA) is 55.1 Å². The van der Waals surface area contributed by atoms with E-state index in [-0.39, 0.29) is 17.3 Å². The molecule has 0 heterocycles. The average Bonchev–Trinajstić information content (AvgIpc) is 2.18. The third kappa shape index (κ3) is 5.12. The molecule has 0 atom stereocenters. The van der Waals surface area contributed by atoms with E-state index in [2.05, 4.69) is 17.5 Å². The van der Waals surface area contributed by atoms with Crippen LogP contribution in [0.2, 0.25) is 0 Å². The van der Waals surface area contributed by atoms with E-state index in [9.17, 15) is 4.79 Å². The zero-order valence-corrected chi connectivity index (χ0v) is 9.22. The van der Waals surface area contributed by atoms with Gasteiger partial charge in [0.25, 0.3) is 0 Å². The normalized spacial score (nSPS) is 9.60. The van der Waals surface area contributed by atoms with Gasteiger partial charge in [-0.1, -0.05) is 42.5 Å². The minimum Gasteiger partial charge on any atom is -0.393 e. The van der Waals surface area contributed by atoms with Crippen LogP contribution in [0.5, 0.6) is 0 Å². The molecule has 0 aliphatic rings. The van der Waals surface area contributed by atoms with E-state index < -0.39 is 0 Å². The second-order valence-electron chi connectivity index (χ2n) is 3.23. The minimum absolute atomic E-state index is 0.113. The van der Waals surface area contributed by atoms with Crippen LogP contribution >= 0.6 is 12.2 Å². The van der Waals surface area contributed by atoms with Crippen molar-refractivity contribution in [2.75, 3.05) is 6.54 Å². The third-order valence-electron chi connectivity index (χ3n) is 1.91. The molecule has 0 saturated heterocycles. The number of hydrogen-bond donors (Lipinski definition) is 2. The fraction of sp³-hybridized carbons (Fsp3) is 0.273. The smallest absolute Gasteiger partial charge is 0.226 e. The molecule has 4 heteroatoms. The summed E-state index contributed by atoms with van der Waals surface area (Å²) >= 11 is 4.63. The summed E-state index contributed by atoms with van der Waals surface area (Å²) in [6, 6.07) is 9.98. The SMILES string of the molecule is NC(=S)CC(=O)NCCc1ccccc1. The summed E-state index contributed by atoms with van der Waals surface area (Å²) in [4.78, 5) is 11.4. The minimum atomic E-state index is -0.113. The second-order valence-corrected chi connectivity index (χ2v) is 3.75. The van der Waals surface area contributed by atoms with Crippen molar-refractivity contribution < 1.29 is 4.79 Å². The molecule has 0 aliphatic carbocycles. The van der Waals surface area contributed by atoms with Crippen molar-refractivity contribution in [1.29, 1.82) is 0 Å². The molecule has 1 amide bonds. The van der Waals surface area contributed by atoms with Crippen molar-refractivity contribution in [3.63, 3.8) is 0 Å². The highest BCUT2D eigenvalue weighted by Gasteiger charge is 2.01. The van der Waals surface area contributed by atoms with Crippen molar-refractivity contribution in [3.05, 3.63) is 35.9 Å². The highest BCUT2D eigenvalue weighted by Crippen LogP contribution is 1.98. The standard InChI is InChI=1S/C11H14N2OS/c12-10(15)8-11(14)13-7-6-9-4-2-1-3-5-9/h1-5H,6-8H2,(H2,12,15)(H,13,14). The molecule has 0 spiro atoms. The Hall–Kier alpha value is -1.42. The molecular weight excluding hydrogens is 208 g/mol. The number of amides is 1. The third-order valence-corrected chi connectivity index (χ3v) is 2.06. The number of nitrogens with two attached hydrogens (primary N) is 1. The highest BCUT2D eigenvalue weighted by molar-refractivity contribution is 7.80. The molecule has 0 aliphatic heterocycles. The first kappa shape index (κ1) is 11.7. The molecule has 0 fully saturated rings. The Labute approximate surface area is 94.7 Å². The Morgan fingerprint density at radius 1 is 1.33 bits per heavy atom. The predicted molar refractivity (Wildman–Crippen MR) is 64.6 cm³/mol. The maximum atomic E-state index is 11.2. The number of thiocarbonyl (C=S) groups is 1. The van der Waals surface area contributed by atoms with Crippen molar-refractivity contribution >= 4 is 23.1 Å². The molecule has 0 bridgehead atoms. The summed E-state index contributed by atoms with van der Waals surface area (Å²) in [5, 5.41) is 2.76. The highest BCUT2D eigenvalue weighted by atomic mass is 32.1. The lowest BCUT2D eigenvalue weighted by Gasteiger charge is -2.04. The van der Waals surface area contributed by atoms with Gasteiger partial charge in [0, 0.05) is 6.54 Å². The van der Waals surface area contributed by atoms with E-state index in [1.54, 1.807) is 0 Å². The summed E-state index contributed by atoms with van der Waals surface area (Å²) in [6.07, 6.45) is 0.952. The van der Waals surface area contributed by atoms with Crippen LogP contribution in [0.15, 0.2) is 30.3 Å². The van der Waals surface area contributed by atoms with E-state index in [1.165, 1.54) is 5.56 Å². The van der Waals surface area contributed by atoms with Crippen LogP contribution in [0.4, 0.5) is 0 Å². The van der Waals surface area contributed by atoms with Gasteiger partial charge in [-0.15, -0.1) is 0 Å². The van der Waals surface area contributed by atoms with Crippen LogP contribution < -0.4 is 11.1 Å². The van der Waals surface area contributed by atoms with E-state index >= 15 is 0 Å². The fourth-order valence-corrected chi connectivity index (χ4v) is 1.34. The van der Waals surface area contributed by atoms with Gasteiger partial charge in [-0.05, 0) is 12.0 Å². The molecule has 1 aromatic rings. The van der Waals surface area contributed by atoms with Gasteiger partial charge in [0.2, 0.25) is 5.91 Å². The molecule has 0 unspecified atom stereocenters. The Morgan fingerprint density at radius 2 is 2.00 bits per heavy atom. The summed E-state index contributed by atoms with van der Waals surface area (Å²) in [5.41, 5.74) is 6.45. The number of rotatable bonds is 5. The van der Waals surface area contributed by atoms with Crippen LogP contribution in [0.3, 0.4) is 0 Å². The van der Waals surface area contributed by atoms with Gasteiger partial charge in [0.15, 0.2) is 0 Å². The molecule has 1 aromatic carbocycles. The Morgan fingerprint density at radius 3 is 2.60 bits per heavy atom. The number of hydrogen-bond acceptors (Lipinski definition) is 2. The van der Waals surface area contributed by atoms with Crippen molar-refractivity contribution in [3.8, 4) is 0 Å². The van der Waals surface area contributed by atoms with E-state index in [1.807, 2.05) is 30.3 Å². The fourth-order valence-electron chi connectivity index (χ4n) is 1.21. The van der Waals surface area contributed by atoms with Gasteiger partial charge in [0.05, 0.1) is 11.4 Å². The molecule has 80 valence electrons. The zero-order valence-electron chi connectivity index (χ0n) is 8.40. The van der Waals surface area contributed by atoms with Crippen LogP contribution in [0, 0.1) is 0 Å².